The lowest BCUT2D eigenvalue weighted by atomic mass is 10.0. The molecule has 2 rings (SSSR count). The van der Waals surface area contributed by atoms with Crippen molar-refractivity contribution < 1.29 is 9.47 Å². The van der Waals surface area contributed by atoms with Crippen LogP contribution in [0, 0.1) is 6.92 Å². The second-order valence-corrected chi connectivity index (χ2v) is 7.25. The summed E-state index contributed by atoms with van der Waals surface area (Å²) in [6.45, 7) is 8.92. The molecule has 1 aliphatic heterocycles. The third-order valence-corrected chi connectivity index (χ3v) is 4.71. The molecule has 0 radical (unpaired) electrons. The molecule has 27 heavy (non-hydrogen) atoms. The van der Waals surface area contributed by atoms with Gasteiger partial charge in [-0.1, -0.05) is 29.8 Å². The first kappa shape index (κ1) is 21.7. The van der Waals surface area contributed by atoms with Crippen molar-refractivity contribution in [2.45, 2.75) is 38.8 Å². The number of guanidine groups is 1. The highest BCUT2D eigenvalue weighted by Crippen LogP contribution is 2.19. The first-order valence-corrected chi connectivity index (χ1v) is 10.0. The van der Waals surface area contributed by atoms with Gasteiger partial charge in [-0.15, -0.1) is 0 Å². The van der Waals surface area contributed by atoms with E-state index < -0.39 is 0 Å². The lowest BCUT2D eigenvalue weighted by Crippen LogP contribution is -2.39. The highest BCUT2D eigenvalue weighted by Gasteiger charge is 2.15. The Bertz CT molecular complexity index is 554. The Morgan fingerprint density at radius 2 is 2.07 bits per heavy atom. The summed E-state index contributed by atoms with van der Waals surface area (Å²) in [6.07, 6.45) is 2.25. The first-order valence-electron chi connectivity index (χ1n) is 10.0. The van der Waals surface area contributed by atoms with Crippen LogP contribution in [0.4, 0.5) is 0 Å². The SMILES string of the molecule is CCNC(=NCC(c1ccc(C)cc1)N(C)C)NCCCOC1CCOC1. The number of hydrogen-bond donors (Lipinski definition) is 2. The van der Waals surface area contributed by atoms with Crippen molar-refractivity contribution in [2.24, 2.45) is 4.99 Å². The summed E-state index contributed by atoms with van der Waals surface area (Å²) in [5, 5.41) is 6.74. The molecular weight excluding hydrogens is 340 g/mol. The Morgan fingerprint density at radius 1 is 1.30 bits per heavy atom. The lowest BCUT2D eigenvalue weighted by Gasteiger charge is -2.24. The van der Waals surface area contributed by atoms with Crippen LogP contribution in [0.3, 0.4) is 0 Å². The van der Waals surface area contributed by atoms with Gasteiger partial charge in [-0.25, -0.2) is 0 Å². The van der Waals surface area contributed by atoms with E-state index in [1.807, 2.05) is 0 Å². The topological polar surface area (TPSA) is 58.1 Å². The van der Waals surface area contributed by atoms with Crippen LogP contribution < -0.4 is 10.6 Å². The molecule has 1 aromatic rings. The van der Waals surface area contributed by atoms with Crippen molar-refractivity contribution in [1.29, 1.82) is 0 Å². The summed E-state index contributed by atoms with van der Waals surface area (Å²) in [4.78, 5) is 7.02. The standard InChI is InChI=1S/C21H36N4O2/c1-5-22-21(23-12-6-13-27-19-11-14-26-16-19)24-15-20(25(3)4)18-9-7-17(2)8-10-18/h7-10,19-20H,5-6,11-16H2,1-4H3,(H2,22,23,24). The Hall–Kier alpha value is -1.63. The minimum atomic E-state index is 0.256. The molecule has 152 valence electrons. The average Bonchev–Trinajstić information content (AvgIpc) is 3.16. The number of rotatable bonds is 10. The van der Waals surface area contributed by atoms with Crippen molar-refractivity contribution >= 4 is 5.96 Å². The second-order valence-electron chi connectivity index (χ2n) is 7.25. The molecule has 0 saturated carbocycles. The zero-order valence-electron chi connectivity index (χ0n) is 17.3. The predicted molar refractivity (Wildman–Crippen MR) is 111 cm³/mol. The van der Waals surface area contributed by atoms with Crippen molar-refractivity contribution in [3.8, 4) is 0 Å². The summed E-state index contributed by atoms with van der Waals surface area (Å²) in [5.41, 5.74) is 2.57. The molecule has 2 N–H and O–H groups in total. The Labute approximate surface area is 164 Å². The number of benzene rings is 1. The summed E-state index contributed by atoms with van der Waals surface area (Å²) >= 11 is 0. The van der Waals surface area contributed by atoms with Gasteiger partial charge in [0.05, 0.1) is 25.3 Å². The van der Waals surface area contributed by atoms with E-state index in [9.17, 15) is 0 Å². The molecule has 1 aliphatic rings. The second kappa shape index (κ2) is 12.0. The fourth-order valence-corrected chi connectivity index (χ4v) is 3.05. The maximum absolute atomic E-state index is 5.81. The molecule has 2 unspecified atom stereocenters. The van der Waals surface area contributed by atoms with Gasteiger partial charge in [0.1, 0.15) is 0 Å². The summed E-state index contributed by atoms with van der Waals surface area (Å²) in [5.74, 6) is 0.862. The third-order valence-electron chi connectivity index (χ3n) is 4.71. The molecule has 1 aromatic carbocycles. The fourth-order valence-electron chi connectivity index (χ4n) is 3.05. The largest absolute Gasteiger partial charge is 0.379 e. The van der Waals surface area contributed by atoms with E-state index in [4.69, 9.17) is 14.5 Å². The van der Waals surface area contributed by atoms with Crippen LogP contribution in [0.1, 0.15) is 36.9 Å². The van der Waals surface area contributed by atoms with Crippen molar-refractivity contribution in [2.75, 3.05) is 53.6 Å². The number of hydrogen-bond acceptors (Lipinski definition) is 4. The molecule has 6 nitrogen and oxygen atoms in total. The number of aliphatic imine (C=N–C) groups is 1. The predicted octanol–water partition coefficient (Wildman–Crippen LogP) is 2.35. The fraction of sp³-hybridized carbons (Fsp3) is 0.667. The molecule has 1 fully saturated rings. The Morgan fingerprint density at radius 3 is 2.70 bits per heavy atom. The van der Waals surface area contributed by atoms with E-state index >= 15 is 0 Å². The van der Waals surface area contributed by atoms with Gasteiger partial charge in [0, 0.05) is 26.3 Å². The maximum atomic E-state index is 5.81. The smallest absolute Gasteiger partial charge is 0.191 e. The van der Waals surface area contributed by atoms with Crippen LogP contribution in [0.2, 0.25) is 0 Å². The molecule has 0 bridgehead atoms. The lowest BCUT2D eigenvalue weighted by molar-refractivity contribution is 0.0420. The number of aryl methyl sites for hydroxylation is 1. The number of nitrogens with one attached hydrogen (secondary N) is 2. The van der Waals surface area contributed by atoms with Crippen LogP contribution >= 0.6 is 0 Å². The van der Waals surface area contributed by atoms with Crippen LogP contribution in [-0.2, 0) is 9.47 Å². The van der Waals surface area contributed by atoms with E-state index in [0.29, 0.717) is 6.54 Å². The Balaban J connectivity index is 1.81. The molecule has 2 atom stereocenters. The molecule has 1 saturated heterocycles. The average molecular weight is 377 g/mol. The third kappa shape index (κ3) is 7.87. The van der Waals surface area contributed by atoms with Gasteiger partial charge < -0.3 is 25.0 Å². The summed E-state index contributed by atoms with van der Waals surface area (Å²) in [7, 11) is 4.20. The summed E-state index contributed by atoms with van der Waals surface area (Å²) in [6, 6.07) is 8.97. The highest BCUT2D eigenvalue weighted by molar-refractivity contribution is 5.79. The molecular formula is C21H36N4O2. The van der Waals surface area contributed by atoms with E-state index in [0.717, 1.165) is 51.7 Å². The highest BCUT2D eigenvalue weighted by atomic mass is 16.5. The minimum absolute atomic E-state index is 0.256. The molecule has 1 heterocycles. The quantitative estimate of drug-likeness (QED) is 0.373. The summed E-state index contributed by atoms with van der Waals surface area (Å²) < 4.78 is 11.1. The minimum Gasteiger partial charge on any atom is -0.379 e. The van der Waals surface area contributed by atoms with Gasteiger partial charge in [0.15, 0.2) is 5.96 Å². The Kier molecular flexibility index (Phi) is 9.59. The normalized spacial score (nSPS) is 18.7. The van der Waals surface area contributed by atoms with E-state index in [-0.39, 0.29) is 12.1 Å². The maximum Gasteiger partial charge on any atom is 0.191 e. The van der Waals surface area contributed by atoms with E-state index in [1.54, 1.807) is 0 Å². The zero-order valence-corrected chi connectivity index (χ0v) is 17.3. The van der Waals surface area contributed by atoms with Crippen LogP contribution in [-0.4, -0.2) is 70.5 Å². The van der Waals surface area contributed by atoms with Gasteiger partial charge in [-0.3, -0.25) is 4.99 Å². The number of nitrogens with zero attached hydrogens (tertiary/aromatic N) is 2. The van der Waals surface area contributed by atoms with Gasteiger partial charge in [0.2, 0.25) is 0 Å². The molecule has 0 spiro atoms. The van der Waals surface area contributed by atoms with Crippen LogP contribution in [0.15, 0.2) is 29.3 Å². The van der Waals surface area contributed by atoms with E-state index in [2.05, 4.69) is 67.7 Å². The van der Waals surface area contributed by atoms with Crippen molar-refractivity contribution in [3.05, 3.63) is 35.4 Å². The van der Waals surface area contributed by atoms with E-state index in [1.165, 1.54) is 11.1 Å². The number of ether oxygens (including phenoxy) is 2. The van der Waals surface area contributed by atoms with Gasteiger partial charge in [-0.05, 0) is 46.3 Å². The monoisotopic (exact) mass is 376 g/mol. The van der Waals surface area contributed by atoms with Crippen molar-refractivity contribution in [1.82, 2.24) is 15.5 Å². The van der Waals surface area contributed by atoms with Gasteiger partial charge >= 0.3 is 0 Å². The molecule has 0 aliphatic carbocycles. The van der Waals surface area contributed by atoms with Gasteiger partial charge in [-0.2, -0.15) is 0 Å². The zero-order chi connectivity index (χ0) is 19.5. The molecule has 6 heteroatoms. The van der Waals surface area contributed by atoms with Gasteiger partial charge in [0.25, 0.3) is 0 Å². The van der Waals surface area contributed by atoms with Crippen molar-refractivity contribution in [3.63, 3.8) is 0 Å². The molecule has 0 amide bonds. The van der Waals surface area contributed by atoms with Crippen LogP contribution in [0.25, 0.3) is 0 Å². The first-order chi connectivity index (χ1) is 13.1. The number of likely N-dealkylation sites (N-methyl/N-ethyl adjacent to an activating group) is 1. The molecule has 0 aromatic heterocycles. The van der Waals surface area contributed by atoms with Crippen LogP contribution in [0.5, 0.6) is 0 Å².